The molecule has 0 atom stereocenters. The molecule has 8 heteroatoms. The van der Waals surface area contributed by atoms with Gasteiger partial charge in [-0.1, -0.05) is 12.1 Å². The Bertz CT molecular complexity index is 545. The lowest BCUT2D eigenvalue weighted by Crippen LogP contribution is -2.18. The van der Waals surface area contributed by atoms with Crippen LogP contribution < -0.4 is 11.1 Å². The average Bonchev–Trinajstić information content (AvgIpc) is 2.41. The Morgan fingerprint density at radius 1 is 1.33 bits per heavy atom. The molecule has 1 amide bonds. The lowest BCUT2D eigenvalue weighted by atomic mass is 10.1. The highest BCUT2D eigenvalue weighted by Crippen LogP contribution is 2.22. The Morgan fingerprint density at radius 2 is 2.05 bits per heavy atom. The van der Waals surface area contributed by atoms with Gasteiger partial charge in [-0.25, -0.2) is 4.79 Å². The summed E-state index contributed by atoms with van der Waals surface area (Å²) in [6.45, 7) is 0.773. The van der Waals surface area contributed by atoms with Crippen LogP contribution in [0.4, 0.5) is 5.69 Å². The number of nitrogens with one attached hydrogen (secondary N) is 1. The first-order valence-electron chi connectivity index (χ1n) is 6.42. The number of carboxylic acids is 1. The molecule has 21 heavy (non-hydrogen) atoms. The Labute approximate surface area is 121 Å². The van der Waals surface area contributed by atoms with Gasteiger partial charge in [0.25, 0.3) is 5.69 Å². The number of nitro benzene ring substituents is 1. The van der Waals surface area contributed by atoms with Crippen molar-refractivity contribution in [3.8, 4) is 0 Å². The highest BCUT2D eigenvalue weighted by Gasteiger charge is 2.22. The molecule has 114 valence electrons. The first kappa shape index (κ1) is 16.6. The van der Waals surface area contributed by atoms with Gasteiger partial charge < -0.3 is 16.2 Å². The van der Waals surface area contributed by atoms with Crippen molar-refractivity contribution in [2.45, 2.75) is 25.8 Å². The number of carboxylic acid groups (broad SMARTS) is 1. The van der Waals surface area contributed by atoms with E-state index in [1.807, 2.05) is 0 Å². The first-order chi connectivity index (χ1) is 9.93. The van der Waals surface area contributed by atoms with Crippen molar-refractivity contribution in [3.05, 3.63) is 39.4 Å². The molecular formula is C13H17N3O5. The normalized spacial score (nSPS) is 10.3. The third kappa shape index (κ3) is 5.19. The Hall–Kier alpha value is -2.48. The van der Waals surface area contributed by atoms with Crippen molar-refractivity contribution in [1.29, 1.82) is 0 Å². The molecule has 0 saturated heterocycles. The number of hydrogen-bond donors (Lipinski definition) is 3. The fourth-order valence-corrected chi connectivity index (χ4v) is 1.91. The number of hydrogen-bond acceptors (Lipinski definition) is 5. The molecule has 1 aromatic carbocycles. The van der Waals surface area contributed by atoms with Gasteiger partial charge in [0.05, 0.1) is 4.92 Å². The van der Waals surface area contributed by atoms with Crippen LogP contribution in [-0.2, 0) is 11.3 Å². The largest absolute Gasteiger partial charge is 0.477 e. The Balaban J connectivity index is 2.63. The second-order valence-corrected chi connectivity index (χ2v) is 4.47. The number of carbonyl (C=O) groups excluding carboxylic acids is 1. The first-order valence-corrected chi connectivity index (χ1v) is 6.42. The number of nitrogens with two attached hydrogens (primary N) is 1. The second-order valence-electron chi connectivity index (χ2n) is 4.47. The molecule has 4 N–H and O–H groups in total. The molecule has 0 aliphatic heterocycles. The lowest BCUT2D eigenvalue weighted by molar-refractivity contribution is -0.385. The molecule has 0 aromatic heterocycles. The summed E-state index contributed by atoms with van der Waals surface area (Å²) in [5.41, 5.74) is 4.64. The summed E-state index contributed by atoms with van der Waals surface area (Å²) in [4.78, 5) is 31.8. The van der Waals surface area contributed by atoms with Crippen molar-refractivity contribution >= 4 is 17.6 Å². The van der Waals surface area contributed by atoms with Gasteiger partial charge in [-0.3, -0.25) is 14.9 Å². The average molecular weight is 295 g/mol. The van der Waals surface area contributed by atoms with Gasteiger partial charge in [-0.15, -0.1) is 0 Å². The molecule has 0 aliphatic rings. The van der Waals surface area contributed by atoms with E-state index in [-0.39, 0.29) is 18.0 Å². The SMILES string of the molecule is NC(=O)CCCCNCc1cccc([N+](=O)[O-])c1C(=O)O. The summed E-state index contributed by atoms with van der Waals surface area (Å²) in [6.07, 6.45) is 1.65. The van der Waals surface area contributed by atoms with E-state index in [0.29, 0.717) is 31.4 Å². The van der Waals surface area contributed by atoms with Crippen LogP contribution in [0.2, 0.25) is 0 Å². The molecule has 1 rings (SSSR count). The maximum Gasteiger partial charge on any atom is 0.343 e. The molecule has 0 heterocycles. The van der Waals surface area contributed by atoms with Gasteiger partial charge in [-0.2, -0.15) is 0 Å². The van der Waals surface area contributed by atoms with Crippen LogP contribution in [0, 0.1) is 10.1 Å². The minimum absolute atomic E-state index is 0.208. The third-order valence-electron chi connectivity index (χ3n) is 2.88. The van der Waals surface area contributed by atoms with E-state index in [0.717, 1.165) is 0 Å². The predicted molar refractivity (Wildman–Crippen MR) is 74.8 cm³/mol. The molecule has 8 nitrogen and oxygen atoms in total. The lowest BCUT2D eigenvalue weighted by Gasteiger charge is -2.08. The predicted octanol–water partition coefficient (Wildman–Crippen LogP) is 1.04. The summed E-state index contributed by atoms with van der Waals surface area (Å²) in [6, 6.07) is 4.15. The number of nitrogens with zero attached hydrogens (tertiary/aromatic N) is 1. The zero-order valence-electron chi connectivity index (χ0n) is 11.4. The molecule has 0 saturated carbocycles. The van der Waals surface area contributed by atoms with E-state index in [1.54, 1.807) is 0 Å². The van der Waals surface area contributed by atoms with E-state index in [9.17, 15) is 19.7 Å². The van der Waals surface area contributed by atoms with E-state index in [2.05, 4.69) is 5.32 Å². The zero-order chi connectivity index (χ0) is 15.8. The summed E-state index contributed by atoms with van der Waals surface area (Å²) in [5, 5.41) is 22.9. The number of aromatic carboxylic acids is 1. The Morgan fingerprint density at radius 3 is 2.62 bits per heavy atom. The summed E-state index contributed by atoms with van der Waals surface area (Å²) < 4.78 is 0. The topological polar surface area (TPSA) is 136 Å². The highest BCUT2D eigenvalue weighted by molar-refractivity contribution is 5.94. The van der Waals surface area contributed by atoms with Crippen molar-refractivity contribution < 1.29 is 19.6 Å². The van der Waals surface area contributed by atoms with Gasteiger partial charge in [0.15, 0.2) is 0 Å². The molecule has 0 unspecified atom stereocenters. The van der Waals surface area contributed by atoms with Gasteiger partial charge >= 0.3 is 5.97 Å². The number of carbonyl (C=O) groups is 2. The van der Waals surface area contributed by atoms with Crippen LogP contribution in [0.1, 0.15) is 35.2 Å². The summed E-state index contributed by atoms with van der Waals surface area (Å²) >= 11 is 0. The van der Waals surface area contributed by atoms with E-state index < -0.39 is 16.6 Å². The van der Waals surface area contributed by atoms with E-state index >= 15 is 0 Å². The van der Waals surface area contributed by atoms with Crippen LogP contribution >= 0.6 is 0 Å². The van der Waals surface area contributed by atoms with Crippen molar-refractivity contribution in [2.75, 3.05) is 6.54 Å². The number of amides is 1. The van der Waals surface area contributed by atoms with Crippen LogP contribution in [0.15, 0.2) is 18.2 Å². The number of unbranched alkanes of at least 4 members (excludes halogenated alkanes) is 1. The van der Waals surface area contributed by atoms with Crippen molar-refractivity contribution in [3.63, 3.8) is 0 Å². The summed E-state index contributed by atoms with van der Waals surface area (Å²) in [7, 11) is 0. The third-order valence-corrected chi connectivity index (χ3v) is 2.88. The molecule has 1 aromatic rings. The molecule has 0 bridgehead atoms. The quantitative estimate of drug-likeness (QED) is 0.354. The van der Waals surface area contributed by atoms with Crippen LogP contribution in [0.5, 0.6) is 0 Å². The van der Waals surface area contributed by atoms with Gasteiger partial charge in [0.2, 0.25) is 5.91 Å². The number of nitro groups is 1. The number of rotatable bonds is 9. The number of benzene rings is 1. The highest BCUT2D eigenvalue weighted by atomic mass is 16.6. The monoisotopic (exact) mass is 295 g/mol. The minimum atomic E-state index is -1.33. The number of primary amides is 1. The molecule has 0 spiro atoms. The molecule has 0 fully saturated rings. The smallest absolute Gasteiger partial charge is 0.343 e. The van der Waals surface area contributed by atoms with E-state index in [4.69, 9.17) is 10.8 Å². The maximum absolute atomic E-state index is 11.2. The van der Waals surface area contributed by atoms with Crippen LogP contribution in [0.25, 0.3) is 0 Å². The molecular weight excluding hydrogens is 278 g/mol. The van der Waals surface area contributed by atoms with Gasteiger partial charge in [-0.05, 0) is 24.9 Å². The fraction of sp³-hybridized carbons (Fsp3) is 0.385. The van der Waals surface area contributed by atoms with Crippen LogP contribution in [0.3, 0.4) is 0 Å². The van der Waals surface area contributed by atoms with Crippen molar-refractivity contribution in [2.24, 2.45) is 5.73 Å². The Kier molecular flexibility index (Phi) is 6.28. The fourth-order valence-electron chi connectivity index (χ4n) is 1.91. The van der Waals surface area contributed by atoms with Crippen molar-refractivity contribution in [1.82, 2.24) is 5.32 Å². The second kappa shape index (κ2) is 7.95. The standard InChI is InChI=1S/C13H17N3O5/c14-11(17)6-1-2-7-15-8-9-4-3-5-10(16(20)21)12(9)13(18)19/h3-5,15H,1-2,6-8H2,(H2,14,17)(H,18,19). The maximum atomic E-state index is 11.2. The summed E-state index contributed by atoms with van der Waals surface area (Å²) in [5.74, 6) is -1.69. The molecule has 0 radical (unpaired) electrons. The minimum Gasteiger partial charge on any atom is -0.477 e. The van der Waals surface area contributed by atoms with E-state index in [1.165, 1.54) is 18.2 Å². The molecule has 0 aliphatic carbocycles. The van der Waals surface area contributed by atoms with Gasteiger partial charge in [0.1, 0.15) is 5.56 Å². The van der Waals surface area contributed by atoms with Gasteiger partial charge in [0, 0.05) is 19.0 Å². The van der Waals surface area contributed by atoms with Crippen LogP contribution in [-0.4, -0.2) is 28.5 Å². The zero-order valence-corrected chi connectivity index (χ0v) is 11.4.